The van der Waals surface area contributed by atoms with E-state index in [1.807, 2.05) is 0 Å². The summed E-state index contributed by atoms with van der Waals surface area (Å²) >= 11 is 0. The van der Waals surface area contributed by atoms with Crippen LogP contribution in [0.25, 0.3) is 0 Å². The molecule has 0 fully saturated rings. The lowest BCUT2D eigenvalue weighted by molar-refractivity contribution is -0.167. The number of ether oxygens (including phenoxy) is 3. The average Bonchev–Trinajstić information content (AvgIpc) is 3.41. The highest BCUT2D eigenvalue weighted by atomic mass is 16.6. The van der Waals surface area contributed by atoms with Crippen LogP contribution in [0.4, 0.5) is 0 Å². The second kappa shape index (κ2) is 62.9. The summed E-state index contributed by atoms with van der Waals surface area (Å²) in [5.41, 5.74) is 0. The van der Waals surface area contributed by atoms with Crippen LogP contribution in [0.5, 0.6) is 0 Å². The third kappa shape index (κ3) is 61.1. The number of carbonyl (C=O) groups is 3. The summed E-state index contributed by atoms with van der Waals surface area (Å²) in [4.78, 5) is 38.2. The van der Waals surface area contributed by atoms with Crippen molar-refractivity contribution >= 4 is 17.9 Å². The Balaban J connectivity index is 4.20. The molecule has 0 heterocycles. The molecule has 0 radical (unpaired) electrons. The molecule has 0 aliphatic rings. The normalized spacial score (nSPS) is 12.7. The summed E-state index contributed by atoms with van der Waals surface area (Å²) < 4.78 is 16.9. The first kappa shape index (κ1) is 71.3. The molecule has 6 nitrogen and oxygen atoms in total. The molecule has 0 aromatic carbocycles. The summed E-state index contributed by atoms with van der Waals surface area (Å²) in [5, 5.41) is 0. The van der Waals surface area contributed by atoms with Crippen molar-refractivity contribution in [1.82, 2.24) is 0 Å². The Hall–Kier alpha value is -3.67. The minimum absolute atomic E-state index is 0.0804. The SMILES string of the molecule is CC/C=C\C/C=C\C/C=C\C/C=C\C/C=C\CCCCCCCCCCCCCCCC(=O)OCC(COC(=O)CCCCCCCCCCC)OC(=O)CCCCCCCC/C=C\C/C=C\C/C=C\CCCCC. The van der Waals surface area contributed by atoms with Crippen molar-refractivity contribution in [2.75, 3.05) is 13.2 Å². The van der Waals surface area contributed by atoms with E-state index in [0.717, 1.165) is 116 Å². The zero-order valence-corrected chi connectivity index (χ0v) is 49.3. The van der Waals surface area contributed by atoms with Crippen molar-refractivity contribution < 1.29 is 28.6 Å². The van der Waals surface area contributed by atoms with Crippen molar-refractivity contribution in [3.05, 3.63) is 97.2 Å². The average molecular weight is 1040 g/mol. The largest absolute Gasteiger partial charge is 0.462 e. The van der Waals surface area contributed by atoms with Crippen LogP contribution >= 0.6 is 0 Å². The summed E-state index contributed by atoms with van der Waals surface area (Å²) in [6.45, 7) is 6.49. The van der Waals surface area contributed by atoms with Crippen LogP contribution in [-0.2, 0) is 28.6 Å². The smallest absolute Gasteiger partial charge is 0.306 e. The van der Waals surface area contributed by atoms with Crippen LogP contribution in [0.2, 0.25) is 0 Å². The second-order valence-electron chi connectivity index (χ2n) is 20.9. The molecule has 0 saturated heterocycles. The van der Waals surface area contributed by atoms with Gasteiger partial charge in [-0.2, -0.15) is 0 Å². The van der Waals surface area contributed by atoms with Crippen LogP contribution in [-0.4, -0.2) is 37.2 Å². The molecule has 0 aromatic rings. The Bertz CT molecular complexity index is 1480. The highest BCUT2D eigenvalue weighted by molar-refractivity contribution is 5.71. The number of allylic oxidation sites excluding steroid dienone is 16. The van der Waals surface area contributed by atoms with E-state index in [1.54, 1.807) is 0 Å². The molecule has 1 unspecified atom stereocenters. The van der Waals surface area contributed by atoms with Crippen molar-refractivity contribution in [2.24, 2.45) is 0 Å². The van der Waals surface area contributed by atoms with E-state index < -0.39 is 6.10 Å². The number of carbonyl (C=O) groups excluding carboxylic acids is 3. The van der Waals surface area contributed by atoms with Crippen LogP contribution in [0.1, 0.15) is 303 Å². The Morgan fingerprint density at radius 2 is 0.520 bits per heavy atom. The van der Waals surface area contributed by atoms with Gasteiger partial charge in [-0.3, -0.25) is 14.4 Å². The van der Waals surface area contributed by atoms with Gasteiger partial charge >= 0.3 is 17.9 Å². The van der Waals surface area contributed by atoms with Gasteiger partial charge < -0.3 is 14.2 Å². The van der Waals surface area contributed by atoms with Crippen LogP contribution < -0.4 is 0 Å². The first-order valence-corrected chi connectivity index (χ1v) is 31.7. The molecular weight excluding hydrogens is 925 g/mol. The summed E-state index contributed by atoms with van der Waals surface area (Å²) in [5.74, 6) is -0.888. The van der Waals surface area contributed by atoms with Crippen LogP contribution in [0.3, 0.4) is 0 Å². The van der Waals surface area contributed by atoms with E-state index in [-0.39, 0.29) is 31.1 Å². The lowest BCUT2D eigenvalue weighted by Gasteiger charge is -2.18. The first-order chi connectivity index (χ1) is 37.0. The Morgan fingerprint density at radius 1 is 0.280 bits per heavy atom. The molecule has 430 valence electrons. The predicted molar refractivity (Wildman–Crippen MR) is 325 cm³/mol. The van der Waals surface area contributed by atoms with E-state index in [9.17, 15) is 14.4 Å². The lowest BCUT2D eigenvalue weighted by Crippen LogP contribution is -2.30. The maximum Gasteiger partial charge on any atom is 0.306 e. The van der Waals surface area contributed by atoms with Gasteiger partial charge in [0.05, 0.1) is 0 Å². The van der Waals surface area contributed by atoms with Gasteiger partial charge in [0.1, 0.15) is 13.2 Å². The number of hydrogen-bond acceptors (Lipinski definition) is 6. The highest BCUT2D eigenvalue weighted by Gasteiger charge is 2.19. The number of unbranched alkanes of at least 4 members (excludes halogenated alkanes) is 30. The lowest BCUT2D eigenvalue weighted by atomic mass is 10.0. The zero-order valence-electron chi connectivity index (χ0n) is 49.3. The standard InChI is InChI=1S/C69H118O6/c1-4-7-10-13-16-19-21-23-25-27-29-30-31-32-33-34-35-36-37-38-40-41-43-45-47-50-53-56-59-62-68(71)74-65-66(64-73-67(70)61-58-55-52-49-18-15-12-9-6-3)75-69(72)63-60-57-54-51-48-46-44-42-39-28-26-24-22-20-17-14-11-8-5-2/h7,10,16-17,19-20,23-26,29-30,32-33,39,42,66H,4-6,8-9,11-15,18,21-22,27-28,31,34-38,40-41,43-65H2,1-3H3/b10-7-,19-16-,20-17-,25-23-,26-24-,30-29-,33-32-,42-39-. The molecule has 0 aliphatic heterocycles. The minimum atomic E-state index is -0.783. The van der Waals surface area contributed by atoms with Gasteiger partial charge in [0.25, 0.3) is 0 Å². The fourth-order valence-corrected chi connectivity index (χ4v) is 8.83. The zero-order chi connectivity index (χ0) is 54.3. The summed E-state index contributed by atoms with van der Waals surface area (Å²) in [6, 6.07) is 0. The van der Waals surface area contributed by atoms with Gasteiger partial charge in [0.2, 0.25) is 0 Å². The van der Waals surface area contributed by atoms with E-state index >= 15 is 0 Å². The summed E-state index contributed by atoms with van der Waals surface area (Å²) in [6.07, 6.45) is 84.2. The topological polar surface area (TPSA) is 78.9 Å². The molecule has 0 saturated carbocycles. The van der Waals surface area contributed by atoms with Gasteiger partial charge in [-0.05, 0) is 103 Å². The maximum absolute atomic E-state index is 12.9. The third-order valence-electron chi connectivity index (χ3n) is 13.6. The number of rotatable bonds is 57. The van der Waals surface area contributed by atoms with Crippen molar-refractivity contribution in [2.45, 2.75) is 309 Å². The van der Waals surface area contributed by atoms with Crippen LogP contribution in [0.15, 0.2) is 97.2 Å². The minimum Gasteiger partial charge on any atom is -0.462 e. The van der Waals surface area contributed by atoms with Crippen molar-refractivity contribution in [3.8, 4) is 0 Å². The van der Waals surface area contributed by atoms with Gasteiger partial charge in [-0.25, -0.2) is 0 Å². The molecule has 0 bridgehead atoms. The van der Waals surface area contributed by atoms with E-state index in [2.05, 4.69) is 118 Å². The van der Waals surface area contributed by atoms with E-state index in [0.29, 0.717) is 19.3 Å². The molecule has 0 amide bonds. The van der Waals surface area contributed by atoms with Gasteiger partial charge in [0.15, 0.2) is 6.10 Å². The number of hydrogen-bond donors (Lipinski definition) is 0. The fraction of sp³-hybridized carbons (Fsp3) is 0.725. The summed E-state index contributed by atoms with van der Waals surface area (Å²) in [7, 11) is 0. The second-order valence-corrected chi connectivity index (χ2v) is 20.9. The molecule has 0 rings (SSSR count). The highest BCUT2D eigenvalue weighted by Crippen LogP contribution is 2.16. The third-order valence-corrected chi connectivity index (χ3v) is 13.6. The Labute approximate surface area is 464 Å². The molecule has 0 aromatic heterocycles. The quantitative estimate of drug-likeness (QED) is 0.0261. The predicted octanol–water partition coefficient (Wildman–Crippen LogP) is 21.7. The van der Waals surface area contributed by atoms with Gasteiger partial charge in [-0.15, -0.1) is 0 Å². The molecule has 0 spiro atoms. The molecule has 0 N–H and O–H groups in total. The number of esters is 3. The Kier molecular flexibility index (Phi) is 59.8. The Morgan fingerprint density at radius 3 is 0.840 bits per heavy atom. The molecule has 75 heavy (non-hydrogen) atoms. The maximum atomic E-state index is 12.9. The molecule has 1 atom stereocenters. The molecule has 6 heteroatoms. The molecular formula is C69H118O6. The van der Waals surface area contributed by atoms with Gasteiger partial charge in [-0.1, -0.05) is 279 Å². The molecule has 0 aliphatic carbocycles. The van der Waals surface area contributed by atoms with E-state index in [1.165, 1.54) is 148 Å². The monoisotopic (exact) mass is 1040 g/mol. The van der Waals surface area contributed by atoms with Gasteiger partial charge in [0, 0.05) is 19.3 Å². The van der Waals surface area contributed by atoms with E-state index in [4.69, 9.17) is 14.2 Å². The van der Waals surface area contributed by atoms with Crippen LogP contribution in [0, 0.1) is 0 Å². The first-order valence-electron chi connectivity index (χ1n) is 31.7. The van der Waals surface area contributed by atoms with Crippen molar-refractivity contribution in [3.63, 3.8) is 0 Å². The fourth-order valence-electron chi connectivity index (χ4n) is 8.83. The van der Waals surface area contributed by atoms with Crippen molar-refractivity contribution in [1.29, 1.82) is 0 Å².